The number of nitrogens with zero attached hydrogens (tertiary/aromatic N) is 3. The first kappa shape index (κ1) is 29.5. The van der Waals surface area contributed by atoms with Gasteiger partial charge in [-0.15, -0.1) is 0 Å². The second kappa shape index (κ2) is 11.0. The van der Waals surface area contributed by atoms with Crippen molar-refractivity contribution in [3.8, 4) is 6.07 Å². The fourth-order valence-electron chi connectivity index (χ4n) is 10.1. The third kappa shape index (κ3) is 5.05. The van der Waals surface area contributed by atoms with Crippen LogP contribution < -0.4 is 5.32 Å². The Bertz CT molecular complexity index is 1310. The van der Waals surface area contributed by atoms with E-state index >= 15 is 0 Å². The third-order valence-electron chi connectivity index (χ3n) is 12.3. The summed E-state index contributed by atoms with van der Waals surface area (Å²) in [5.74, 6) is 1.05. The van der Waals surface area contributed by atoms with E-state index in [-0.39, 0.29) is 38.1 Å². The van der Waals surface area contributed by atoms with Crippen LogP contribution in [0.2, 0.25) is 0 Å². The van der Waals surface area contributed by atoms with Crippen molar-refractivity contribution in [2.45, 2.75) is 113 Å². The smallest absolute Gasteiger partial charge is 0.411 e. The Hall–Kier alpha value is -3.19. The fourth-order valence-corrected chi connectivity index (χ4v) is 10.1. The number of likely N-dealkylation sites (tertiary alicyclic amines) is 1. The molecule has 2 N–H and O–H groups in total. The SMILES string of the molecule is N#C[C@@H]1C[C@H](F)CN1C(=O)CN(C(=O)OCc1ccccc1)C12CCC(C(=O)NC3C4CC5CC(C4)CC3(O)C5)(CC1)CC2. The summed E-state index contributed by atoms with van der Waals surface area (Å²) in [5.41, 5.74) is -1.20. The maximum atomic E-state index is 14.2. The van der Waals surface area contributed by atoms with Gasteiger partial charge in [-0.25, -0.2) is 9.18 Å². The standard InChI is InChI=1S/C34H43FN4O5/c35-26-15-27(18-36)38(19-26)28(40)20-39(31(42)44-21-22-4-2-1-3-5-22)33-9-6-32(7-10-33,8-11-33)30(41)37-29-25-13-23-12-24(14-25)17-34(29,43)16-23/h1-5,23-27,29,43H,6-17,19-21H2,(H,37,41)/t23?,24?,25?,26-,27-,29?,32?,33?,34?/m0/s1. The molecule has 6 bridgehead atoms. The van der Waals surface area contributed by atoms with Crippen LogP contribution in [0.15, 0.2) is 30.3 Å². The number of ether oxygens (including phenoxy) is 1. The first-order valence-electron chi connectivity index (χ1n) is 16.5. The van der Waals surface area contributed by atoms with E-state index in [4.69, 9.17) is 4.74 Å². The number of rotatable bonds is 7. The summed E-state index contributed by atoms with van der Waals surface area (Å²) < 4.78 is 19.9. The second-order valence-electron chi connectivity index (χ2n) is 14.8. The van der Waals surface area contributed by atoms with Gasteiger partial charge >= 0.3 is 6.09 Å². The Morgan fingerprint density at radius 2 is 1.68 bits per heavy atom. The summed E-state index contributed by atoms with van der Waals surface area (Å²) in [5, 5.41) is 24.4. The summed E-state index contributed by atoms with van der Waals surface area (Å²) in [6.45, 7) is -0.399. The van der Waals surface area contributed by atoms with E-state index in [9.17, 15) is 29.1 Å². The average Bonchev–Trinajstić information content (AvgIpc) is 3.41. The lowest BCUT2D eigenvalue weighted by molar-refractivity contribution is -0.166. The molecule has 0 radical (unpaired) electrons. The van der Waals surface area contributed by atoms with Gasteiger partial charge in [-0.2, -0.15) is 5.26 Å². The van der Waals surface area contributed by atoms with Gasteiger partial charge in [0.15, 0.2) is 0 Å². The van der Waals surface area contributed by atoms with Crippen LogP contribution in [0, 0.1) is 34.5 Å². The van der Waals surface area contributed by atoms with Crippen molar-refractivity contribution in [3.63, 3.8) is 0 Å². The van der Waals surface area contributed by atoms with E-state index in [0.717, 1.165) is 31.2 Å². The molecule has 3 amide bonds. The summed E-state index contributed by atoms with van der Waals surface area (Å²) in [6.07, 6.45) is 6.40. The zero-order chi connectivity index (χ0) is 30.7. The van der Waals surface area contributed by atoms with Gasteiger partial charge in [0.2, 0.25) is 11.8 Å². The van der Waals surface area contributed by atoms with Crippen LogP contribution in [-0.4, -0.2) is 75.3 Å². The number of nitriles is 1. The molecule has 1 aliphatic heterocycles. The molecule has 1 aromatic carbocycles. The number of aliphatic hydroxyl groups is 1. The van der Waals surface area contributed by atoms with Gasteiger partial charge in [-0.1, -0.05) is 30.3 Å². The highest BCUT2D eigenvalue weighted by Gasteiger charge is 2.60. The van der Waals surface area contributed by atoms with Gasteiger partial charge < -0.3 is 20.1 Å². The number of fused-ring (bicyclic) bond motifs is 3. The van der Waals surface area contributed by atoms with E-state index < -0.39 is 40.8 Å². The number of carbonyl (C=O) groups excluding carboxylic acids is 3. The van der Waals surface area contributed by atoms with Crippen LogP contribution in [0.1, 0.15) is 82.6 Å². The van der Waals surface area contributed by atoms with Crippen LogP contribution >= 0.6 is 0 Å². The molecule has 5 atom stereocenters. The van der Waals surface area contributed by atoms with Gasteiger partial charge in [-0.05, 0) is 93.9 Å². The monoisotopic (exact) mass is 606 g/mol. The number of amides is 3. The van der Waals surface area contributed by atoms with E-state index in [1.165, 1.54) is 16.2 Å². The topological polar surface area (TPSA) is 123 Å². The highest BCUT2D eigenvalue weighted by atomic mass is 19.1. The minimum absolute atomic E-state index is 0.0221. The largest absolute Gasteiger partial charge is 0.445 e. The van der Waals surface area contributed by atoms with E-state index in [2.05, 4.69) is 5.32 Å². The van der Waals surface area contributed by atoms with Crippen LogP contribution in [0.4, 0.5) is 9.18 Å². The van der Waals surface area contributed by atoms with E-state index in [1.54, 1.807) is 0 Å². The molecule has 0 spiro atoms. The number of hydrogen-bond donors (Lipinski definition) is 2. The number of hydrogen-bond acceptors (Lipinski definition) is 6. The molecule has 8 fully saturated rings. The summed E-state index contributed by atoms with van der Waals surface area (Å²) >= 11 is 0. The zero-order valence-corrected chi connectivity index (χ0v) is 25.3. The molecule has 0 aromatic heterocycles. The van der Waals surface area contributed by atoms with Gasteiger partial charge in [0, 0.05) is 17.4 Å². The Morgan fingerprint density at radius 1 is 1.02 bits per heavy atom. The van der Waals surface area contributed by atoms with E-state index in [1.807, 2.05) is 36.4 Å². The van der Waals surface area contributed by atoms with Gasteiger partial charge in [-0.3, -0.25) is 14.5 Å². The maximum Gasteiger partial charge on any atom is 0.411 e. The minimum Gasteiger partial charge on any atom is -0.445 e. The lowest BCUT2D eigenvalue weighted by Crippen LogP contribution is -2.68. The lowest BCUT2D eigenvalue weighted by Gasteiger charge is -2.60. The second-order valence-corrected chi connectivity index (χ2v) is 14.8. The van der Waals surface area contributed by atoms with Crippen molar-refractivity contribution in [3.05, 3.63) is 35.9 Å². The molecule has 7 saturated carbocycles. The van der Waals surface area contributed by atoms with E-state index in [0.29, 0.717) is 56.3 Å². The predicted molar refractivity (Wildman–Crippen MR) is 157 cm³/mol. The maximum absolute atomic E-state index is 14.2. The highest BCUT2D eigenvalue weighted by Crippen LogP contribution is 2.58. The van der Waals surface area contributed by atoms with Crippen molar-refractivity contribution in [1.82, 2.24) is 15.1 Å². The zero-order valence-electron chi connectivity index (χ0n) is 25.3. The van der Waals surface area contributed by atoms with Gasteiger partial charge in [0.1, 0.15) is 25.4 Å². The van der Waals surface area contributed by atoms with Crippen LogP contribution in [0.25, 0.3) is 0 Å². The Kier molecular flexibility index (Phi) is 7.38. The lowest BCUT2D eigenvalue weighted by atomic mass is 9.51. The number of halogens is 1. The quantitative estimate of drug-likeness (QED) is 0.479. The Labute approximate surface area is 258 Å². The number of carbonyl (C=O) groups is 3. The first-order chi connectivity index (χ1) is 21.1. The molecule has 1 aromatic rings. The van der Waals surface area contributed by atoms with Crippen LogP contribution in [0.5, 0.6) is 0 Å². The molecule has 1 saturated heterocycles. The Balaban J connectivity index is 1.06. The van der Waals surface area contributed by atoms with Gasteiger partial charge in [0.25, 0.3) is 0 Å². The molecular formula is C34H43FN4O5. The van der Waals surface area contributed by atoms with Crippen molar-refractivity contribution in [2.24, 2.45) is 23.2 Å². The fraction of sp³-hybridized carbons (Fsp3) is 0.706. The van der Waals surface area contributed by atoms with Crippen LogP contribution in [0.3, 0.4) is 0 Å². The predicted octanol–water partition coefficient (Wildman–Crippen LogP) is 4.24. The summed E-state index contributed by atoms with van der Waals surface area (Å²) in [4.78, 5) is 43.9. The van der Waals surface area contributed by atoms with Crippen LogP contribution in [-0.2, 0) is 20.9 Å². The molecule has 9 nitrogen and oxygen atoms in total. The molecule has 44 heavy (non-hydrogen) atoms. The molecule has 3 unspecified atom stereocenters. The minimum atomic E-state index is -1.27. The Morgan fingerprint density at radius 3 is 2.30 bits per heavy atom. The van der Waals surface area contributed by atoms with Gasteiger partial charge in [0.05, 0.1) is 24.3 Å². The number of benzene rings is 1. The molecule has 1 heterocycles. The molecule has 8 aliphatic rings. The molecule has 7 aliphatic carbocycles. The first-order valence-corrected chi connectivity index (χ1v) is 16.5. The summed E-state index contributed by atoms with van der Waals surface area (Å²) in [6, 6.07) is 10.3. The molecular weight excluding hydrogens is 563 g/mol. The van der Waals surface area contributed by atoms with Crippen molar-refractivity contribution < 1.29 is 28.6 Å². The molecule has 10 heteroatoms. The number of nitrogens with one attached hydrogen (secondary N) is 1. The van der Waals surface area contributed by atoms with Crippen molar-refractivity contribution in [1.29, 1.82) is 5.26 Å². The average molecular weight is 607 g/mol. The third-order valence-corrected chi connectivity index (χ3v) is 12.3. The highest BCUT2D eigenvalue weighted by molar-refractivity contribution is 5.85. The summed E-state index contributed by atoms with van der Waals surface area (Å²) in [7, 11) is 0. The normalized spacial score (nSPS) is 40.0. The molecule has 9 rings (SSSR count). The molecule has 236 valence electrons. The van der Waals surface area contributed by atoms with Crippen molar-refractivity contribution in [2.75, 3.05) is 13.1 Å². The number of alkyl halides is 1. The van der Waals surface area contributed by atoms with Crippen molar-refractivity contribution >= 4 is 17.9 Å².